The molecule has 0 bridgehead atoms. The second kappa shape index (κ2) is 3.77. The van der Waals surface area contributed by atoms with Crippen molar-refractivity contribution < 1.29 is 0 Å². The minimum Gasteiger partial charge on any atom is -0.255 e. The summed E-state index contributed by atoms with van der Waals surface area (Å²) in [6.07, 6.45) is 1.71. The summed E-state index contributed by atoms with van der Waals surface area (Å²) in [6, 6.07) is 9.78. The Morgan fingerprint density at radius 2 is 2.21 bits per heavy atom. The molecule has 0 unspecified atom stereocenters. The molecule has 14 heavy (non-hydrogen) atoms. The first kappa shape index (κ1) is 9.17. The lowest BCUT2D eigenvalue weighted by Gasteiger charge is -2.03. The molecule has 1 aromatic heterocycles. The van der Waals surface area contributed by atoms with Crippen LogP contribution in [0.3, 0.4) is 0 Å². The highest BCUT2D eigenvalue weighted by atomic mass is 79.9. The molecule has 2 rings (SSSR count). The van der Waals surface area contributed by atoms with E-state index in [-0.39, 0.29) is 0 Å². The average molecular weight is 247 g/mol. The van der Waals surface area contributed by atoms with Gasteiger partial charge in [0, 0.05) is 16.9 Å². The zero-order chi connectivity index (χ0) is 9.97. The lowest BCUT2D eigenvalue weighted by Crippen LogP contribution is -1.88. The standard InChI is InChI=1S/C11H7BrN2/c12-6-8-3-4-9(7-13)11-10(8)2-1-5-14-11/h1-5H,6H2. The molecule has 1 aromatic carbocycles. The Kier molecular flexibility index (Phi) is 2.47. The van der Waals surface area contributed by atoms with E-state index in [0.717, 1.165) is 21.8 Å². The first-order chi connectivity index (χ1) is 6.86. The molecule has 0 aliphatic carbocycles. The number of alkyl halides is 1. The van der Waals surface area contributed by atoms with Crippen molar-refractivity contribution >= 4 is 26.8 Å². The zero-order valence-electron chi connectivity index (χ0n) is 7.37. The van der Waals surface area contributed by atoms with Crippen LogP contribution in [-0.4, -0.2) is 4.98 Å². The predicted molar refractivity (Wildman–Crippen MR) is 59.1 cm³/mol. The zero-order valence-corrected chi connectivity index (χ0v) is 8.95. The Labute approximate surface area is 90.3 Å². The van der Waals surface area contributed by atoms with Gasteiger partial charge in [0.1, 0.15) is 6.07 Å². The monoisotopic (exact) mass is 246 g/mol. The molecule has 0 amide bonds. The number of hydrogen-bond acceptors (Lipinski definition) is 2. The molecule has 68 valence electrons. The number of hydrogen-bond donors (Lipinski definition) is 0. The first-order valence-corrected chi connectivity index (χ1v) is 5.31. The van der Waals surface area contributed by atoms with Crippen LogP contribution in [0.2, 0.25) is 0 Å². The molecule has 0 fully saturated rings. The number of halogens is 1. The molecule has 0 saturated carbocycles. The second-order valence-corrected chi connectivity index (χ2v) is 3.48. The minimum absolute atomic E-state index is 0.630. The summed E-state index contributed by atoms with van der Waals surface area (Å²) < 4.78 is 0. The van der Waals surface area contributed by atoms with E-state index < -0.39 is 0 Å². The topological polar surface area (TPSA) is 36.7 Å². The number of pyridine rings is 1. The number of benzene rings is 1. The van der Waals surface area contributed by atoms with Crippen molar-refractivity contribution in [3.05, 3.63) is 41.6 Å². The summed E-state index contributed by atoms with van der Waals surface area (Å²) in [7, 11) is 0. The summed E-state index contributed by atoms with van der Waals surface area (Å²) in [4.78, 5) is 4.22. The van der Waals surface area contributed by atoms with Crippen LogP contribution in [0.1, 0.15) is 11.1 Å². The largest absolute Gasteiger partial charge is 0.255 e. The van der Waals surface area contributed by atoms with Gasteiger partial charge >= 0.3 is 0 Å². The smallest absolute Gasteiger partial charge is 0.101 e. The van der Waals surface area contributed by atoms with Crippen molar-refractivity contribution in [1.82, 2.24) is 4.98 Å². The lowest BCUT2D eigenvalue weighted by molar-refractivity contribution is 1.36. The van der Waals surface area contributed by atoms with Gasteiger partial charge in [-0.15, -0.1) is 0 Å². The van der Waals surface area contributed by atoms with E-state index in [1.165, 1.54) is 0 Å². The van der Waals surface area contributed by atoms with Crippen LogP contribution >= 0.6 is 15.9 Å². The molecule has 1 heterocycles. The van der Waals surface area contributed by atoms with Gasteiger partial charge in [0.25, 0.3) is 0 Å². The summed E-state index contributed by atoms with van der Waals surface area (Å²) in [5.74, 6) is 0. The van der Waals surface area contributed by atoms with Crippen LogP contribution in [0.4, 0.5) is 0 Å². The van der Waals surface area contributed by atoms with Gasteiger partial charge in [0.05, 0.1) is 11.1 Å². The van der Waals surface area contributed by atoms with Crippen molar-refractivity contribution in [3.63, 3.8) is 0 Å². The van der Waals surface area contributed by atoms with Crippen molar-refractivity contribution in [1.29, 1.82) is 5.26 Å². The molecule has 0 aliphatic rings. The predicted octanol–water partition coefficient (Wildman–Crippen LogP) is 3.00. The van der Waals surface area contributed by atoms with E-state index in [1.54, 1.807) is 6.20 Å². The Balaban J connectivity index is 2.87. The van der Waals surface area contributed by atoms with E-state index >= 15 is 0 Å². The molecule has 2 nitrogen and oxygen atoms in total. The molecule has 0 saturated heterocycles. The highest BCUT2D eigenvalue weighted by molar-refractivity contribution is 9.08. The summed E-state index contributed by atoms with van der Waals surface area (Å²) in [6.45, 7) is 0. The fourth-order valence-electron chi connectivity index (χ4n) is 1.44. The van der Waals surface area contributed by atoms with Crippen LogP contribution in [0, 0.1) is 11.3 Å². The number of aromatic nitrogens is 1. The Hall–Kier alpha value is -1.40. The molecule has 0 aliphatic heterocycles. The van der Waals surface area contributed by atoms with E-state index in [1.807, 2.05) is 24.3 Å². The molecular formula is C11H7BrN2. The van der Waals surface area contributed by atoms with Crippen LogP contribution < -0.4 is 0 Å². The maximum absolute atomic E-state index is 8.90. The molecule has 0 N–H and O–H groups in total. The second-order valence-electron chi connectivity index (χ2n) is 2.92. The molecule has 0 radical (unpaired) electrons. The van der Waals surface area contributed by atoms with Gasteiger partial charge in [-0.25, -0.2) is 0 Å². The van der Waals surface area contributed by atoms with Crippen molar-refractivity contribution in [3.8, 4) is 6.07 Å². The molecule has 2 aromatic rings. The Morgan fingerprint density at radius 1 is 1.36 bits per heavy atom. The van der Waals surface area contributed by atoms with Gasteiger partial charge in [-0.1, -0.05) is 28.1 Å². The molecular weight excluding hydrogens is 240 g/mol. The van der Waals surface area contributed by atoms with Crippen molar-refractivity contribution in [2.75, 3.05) is 0 Å². The Morgan fingerprint density at radius 3 is 2.93 bits per heavy atom. The maximum atomic E-state index is 8.90. The fraction of sp³-hybridized carbons (Fsp3) is 0.0909. The average Bonchev–Trinajstić information content (AvgIpc) is 2.27. The van der Waals surface area contributed by atoms with Crippen LogP contribution in [0.5, 0.6) is 0 Å². The number of rotatable bonds is 1. The maximum Gasteiger partial charge on any atom is 0.101 e. The normalized spacial score (nSPS) is 10.0. The Bertz CT molecular complexity index is 514. The van der Waals surface area contributed by atoms with E-state index in [9.17, 15) is 0 Å². The van der Waals surface area contributed by atoms with Crippen molar-refractivity contribution in [2.24, 2.45) is 0 Å². The molecule has 3 heteroatoms. The van der Waals surface area contributed by atoms with Gasteiger partial charge in [0.2, 0.25) is 0 Å². The van der Waals surface area contributed by atoms with Gasteiger partial charge in [-0.05, 0) is 17.7 Å². The fourth-order valence-corrected chi connectivity index (χ4v) is 1.93. The third-order valence-electron chi connectivity index (χ3n) is 2.12. The number of nitriles is 1. The third-order valence-corrected chi connectivity index (χ3v) is 2.73. The quantitative estimate of drug-likeness (QED) is 0.726. The van der Waals surface area contributed by atoms with E-state index in [4.69, 9.17) is 5.26 Å². The summed E-state index contributed by atoms with van der Waals surface area (Å²) >= 11 is 3.41. The highest BCUT2D eigenvalue weighted by Crippen LogP contribution is 2.21. The van der Waals surface area contributed by atoms with E-state index in [2.05, 4.69) is 27.0 Å². The lowest BCUT2D eigenvalue weighted by atomic mass is 10.1. The number of nitrogens with zero attached hydrogens (tertiary/aromatic N) is 2. The molecule has 0 atom stereocenters. The molecule has 0 spiro atoms. The summed E-state index contributed by atoms with van der Waals surface area (Å²) in [5.41, 5.74) is 2.57. The van der Waals surface area contributed by atoms with Gasteiger partial charge < -0.3 is 0 Å². The SMILES string of the molecule is N#Cc1ccc(CBr)c2cccnc12. The van der Waals surface area contributed by atoms with Crippen LogP contribution in [0.25, 0.3) is 10.9 Å². The van der Waals surface area contributed by atoms with Gasteiger partial charge in [-0.2, -0.15) is 5.26 Å². The summed E-state index contributed by atoms with van der Waals surface area (Å²) in [5, 5.41) is 10.7. The highest BCUT2D eigenvalue weighted by Gasteiger charge is 2.04. The van der Waals surface area contributed by atoms with E-state index in [0.29, 0.717) is 5.56 Å². The van der Waals surface area contributed by atoms with Crippen molar-refractivity contribution in [2.45, 2.75) is 5.33 Å². The first-order valence-electron chi connectivity index (χ1n) is 4.19. The van der Waals surface area contributed by atoms with Gasteiger partial charge in [0.15, 0.2) is 0 Å². The van der Waals surface area contributed by atoms with Crippen LogP contribution in [-0.2, 0) is 5.33 Å². The third kappa shape index (κ3) is 1.38. The minimum atomic E-state index is 0.630. The van der Waals surface area contributed by atoms with Crippen LogP contribution in [0.15, 0.2) is 30.5 Å². The number of fused-ring (bicyclic) bond motifs is 1. The van der Waals surface area contributed by atoms with Gasteiger partial charge in [-0.3, -0.25) is 4.98 Å².